The standard InChI is InChI=1S/C11H22N6O2S/c1-8(9-5-6-9)17(4)20(18,19)12-7-10-13-11(15-14-10)16(2)3/h8-9,12H,5-7H2,1-4H3,(H,13,14,15). The van der Waals surface area contributed by atoms with Crippen LogP contribution in [0.15, 0.2) is 0 Å². The minimum atomic E-state index is -3.49. The summed E-state index contributed by atoms with van der Waals surface area (Å²) in [4.78, 5) is 5.92. The molecule has 114 valence electrons. The highest BCUT2D eigenvalue weighted by Crippen LogP contribution is 2.35. The number of nitrogens with one attached hydrogen (secondary N) is 2. The van der Waals surface area contributed by atoms with Crippen molar-refractivity contribution in [1.82, 2.24) is 24.2 Å². The van der Waals surface area contributed by atoms with Crippen molar-refractivity contribution in [2.75, 3.05) is 26.0 Å². The first kappa shape index (κ1) is 15.2. The number of anilines is 1. The van der Waals surface area contributed by atoms with Gasteiger partial charge in [0.15, 0.2) is 0 Å². The molecule has 1 aromatic heterocycles. The van der Waals surface area contributed by atoms with Crippen LogP contribution in [0.25, 0.3) is 0 Å². The van der Waals surface area contributed by atoms with Gasteiger partial charge in [-0.1, -0.05) is 0 Å². The molecule has 1 heterocycles. The number of hydrogen-bond acceptors (Lipinski definition) is 5. The molecule has 2 rings (SSSR count). The molecule has 1 unspecified atom stereocenters. The molecule has 2 N–H and O–H groups in total. The number of H-pyrrole nitrogens is 1. The second kappa shape index (κ2) is 5.66. The highest BCUT2D eigenvalue weighted by Gasteiger charge is 2.35. The van der Waals surface area contributed by atoms with Gasteiger partial charge in [0.1, 0.15) is 5.82 Å². The van der Waals surface area contributed by atoms with Gasteiger partial charge in [-0.3, -0.25) is 5.10 Å². The molecule has 0 amide bonds. The van der Waals surface area contributed by atoms with Crippen LogP contribution in [0, 0.1) is 5.92 Å². The van der Waals surface area contributed by atoms with E-state index in [4.69, 9.17) is 0 Å². The molecule has 0 aromatic carbocycles. The maximum absolute atomic E-state index is 12.2. The Balaban J connectivity index is 1.93. The van der Waals surface area contributed by atoms with Crippen molar-refractivity contribution in [2.24, 2.45) is 5.92 Å². The molecule has 0 bridgehead atoms. The Bertz CT molecular complexity index is 551. The van der Waals surface area contributed by atoms with Crippen LogP contribution in [0.1, 0.15) is 25.6 Å². The number of rotatable bonds is 7. The second-order valence-electron chi connectivity index (χ2n) is 5.40. The molecule has 20 heavy (non-hydrogen) atoms. The van der Waals surface area contributed by atoms with Crippen LogP contribution < -0.4 is 9.62 Å². The van der Waals surface area contributed by atoms with Crippen LogP contribution in [-0.2, 0) is 16.8 Å². The van der Waals surface area contributed by atoms with E-state index in [1.807, 2.05) is 21.0 Å². The van der Waals surface area contributed by atoms with Crippen molar-refractivity contribution in [2.45, 2.75) is 32.4 Å². The van der Waals surface area contributed by atoms with Crippen LogP contribution in [0.4, 0.5) is 5.95 Å². The third-order valence-electron chi connectivity index (χ3n) is 3.60. The highest BCUT2D eigenvalue weighted by molar-refractivity contribution is 7.87. The van der Waals surface area contributed by atoms with Gasteiger partial charge in [0.25, 0.3) is 10.2 Å². The number of aromatic amines is 1. The summed E-state index contributed by atoms with van der Waals surface area (Å²) in [5.41, 5.74) is 0. The Kier molecular flexibility index (Phi) is 4.31. The van der Waals surface area contributed by atoms with E-state index in [1.165, 1.54) is 4.31 Å². The zero-order chi connectivity index (χ0) is 14.9. The van der Waals surface area contributed by atoms with Gasteiger partial charge in [-0.25, -0.2) is 0 Å². The molecule has 0 saturated heterocycles. The molecule has 1 aromatic rings. The molecule has 9 heteroatoms. The van der Waals surface area contributed by atoms with E-state index in [0.29, 0.717) is 17.7 Å². The van der Waals surface area contributed by atoms with E-state index in [0.717, 1.165) is 12.8 Å². The number of hydrogen-bond donors (Lipinski definition) is 2. The van der Waals surface area contributed by atoms with Crippen LogP contribution in [0.5, 0.6) is 0 Å². The predicted octanol–water partition coefficient (Wildman–Crippen LogP) is -0.0646. The Morgan fingerprint density at radius 2 is 2.05 bits per heavy atom. The summed E-state index contributed by atoms with van der Waals surface area (Å²) >= 11 is 0. The lowest BCUT2D eigenvalue weighted by molar-refractivity contribution is 0.351. The van der Waals surface area contributed by atoms with Crippen LogP contribution >= 0.6 is 0 Å². The van der Waals surface area contributed by atoms with Crippen molar-refractivity contribution in [3.63, 3.8) is 0 Å². The largest absolute Gasteiger partial charge is 0.346 e. The lowest BCUT2D eigenvalue weighted by Gasteiger charge is -2.23. The summed E-state index contributed by atoms with van der Waals surface area (Å²) in [7, 11) is 1.76. The van der Waals surface area contributed by atoms with Crippen LogP contribution in [-0.4, -0.2) is 55.1 Å². The molecule has 8 nitrogen and oxygen atoms in total. The van der Waals surface area contributed by atoms with E-state index < -0.39 is 10.2 Å². The molecule has 0 spiro atoms. The molecule has 1 aliphatic carbocycles. The van der Waals surface area contributed by atoms with Gasteiger partial charge in [-0.05, 0) is 25.7 Å². The number of aromatic nitrogens is 3. The fourth-order valence-corrected chi connectivity index (χ4v) is 3.05. The van der Waals surface area contributed by atoms with E-state index in [2.05, 4.69) is 19.9 Å². The van der Waals surface area contributed by atoms with Gasteiger partial charge >= 0.3 is 0 Å². The van der Waals surface area contributed by atoms with Gasteiger partial charge < -0.3 is 4.90 Å². The SMILES string of the molecule is CC(C1CC1)N(C)S(=O)(=O)NCc1nc(N(C)C)n[nH]1. The molecular weight excluding hydrogens is 280 g/mol. The minimum Gasteiger partial charge on any atom is -0.346 e. The average Bonchev–Trinajstić information content (AvgIpc) is 3.12. The normalized spacial score (nSPS) is 17.4. The van der Waals surface area contributed by atoms with Gasteiger partial charge in [0, 0.05) is 27.2 Å². The maximum atomic E-state index is 12.2. The van der Waals surface area contributed by atoms with Crippen molar-refractivity contribution >= 4 is 16.2 Å². The summed E-state index contributed by atoms with van der Waals surface area (Å²) in [5.74, 6) is 1.51. The Hall–Kier alpha value is -1.19. The molecule has 0 radical (unpaired) electrons. The Morgan fingerprint density at radius 3 is 2.55 bits per heavy atom. The summed E-state index contributed by atoms with van der Waals surface area (Å²) < 4.78 is 28.3. The van der Waals surface area contributed by atoms with Gasteiger partial charge in [-0.2, -0.15) is 22.4 Å². The molecule has 1 atom stereocenters. The van der Waals surface area contributed by atoms with Gasteiger partial charge in [-0.15, -0.1) is 5.10 Å². The van der Waals surface area contributed by atoms with Crippen molar-refractivity contribution in [3.8, 4) is 0 Å². The molecule has 0 aliphatic heterocycles. The molecule has 1 saturated carbocycles. The zero-order valence-corrected chi connectivity index (χ0v) is 13.1. The maximum Gasteiger partial charge on any atom is 0.279 e. The third-order valence-corrected chi connectivity index (χ3v) is 5.20. The van der Waals surface area contributed by atoms with Crippen molar-refractivity contribution < 1.29 is 8.42 Å². The first-order chi connectivity index (χ1) is 9.31. The van der Waals surface area contributed by atoms with Gasteiger partial charge in [0.2, 0.25) is 5.95 Å². The fraction of sp³-hybridized carbons (Fsp3) is 0.818. The summed E-state index contributed by atoms with van der Waals surface area (Å²) in [6, 6.07) is 0.0274. The lowest BCUT2D eigenvalue weighted by atomic mass is 10.2. The Labute approximate surface area is 119 Å². The van der Waals surface area contributed by atoms with Gasteiger partial charge in [0.05, 0.1) is 6.54 Å². The van der Waals surface area contributed by atoms with Crippen molar-refractivity contribution in [3.05, 3.63) is 5.82 Å². The highest BCUT2D eigenvalue weighted by atomic mass is 32.2. The third kappa shape index (κ3) is 3.47. The quantitative estimate of drug-likeness (QED) is 0.735. The lowest BCUT2D eigenvalue weighted by Crippen LogP contribution is -2.43. The molecular formula is C11H22N6O2S. The van der Waals surface area contributed by atoms with E-state index in [1.54, 1.807) is 11.9 Å². The summed E-state index contributed by atoms with van der Waals surface area (Å²) in [6.07, 6.45) is 2.21. The van der Waals surface area contributed by atoms with Crippen LogP contribution in [0.3, 0.4) is 0 Å². The van der Waals surface area contributed by atoms with E-state index in [-0.39, 0.29) is 12.6 Å². The first-order valence-corrected chi connectivity index (χ1v) is 8.06. The fourth-order valence-electron chi connectivity index (χ4n) is 1.92. The minimum absolute atomic E-state index is 0.0274. The Morgan fingerprint density at radius 1 is 1.40 bits per heavy atom. The average molecular weight is 302 g/mol. The molecule has 1 fully saturated rings. The topological polar surface area (TPSA) is 94.2 Å². The molecule has 1 aliphatic rings. The smallest absolute Gasteiger partial charge is 0.279 e. The zero-order valence-electron chi connectivity index (χ0n) is 12.3. The van der Waals surface area contributed by atoms with E-state index >= 15 is 0 Å². The second-order valence-corrected chi connectivity index (χ2v) is 7.21. The summed E-state index contributed by atoms with van der Waals surface area (Å²) in [5, 5.41) is 6.69. The summed E-state index contributed by atoms with van der Waals surface area (Å²) in [6.45, 7) is 2.04. The first-order valence-electron chi connectivity index (χ1n) is 6.62. The van der Waals surface area contributed by atoms with E-state index in [9.17, 15) is 8.42 Å². The van der Waals surface area contributed by atoms with Crippen LogP contribution in [0.2, 0.25) is 0 Å². The predicted molar refractivity (Wildman–Crippen MR) is 76.4 cm³/mol. The van der Waals surface area contributed by atoms with Crippen molar-refractivity contribution in [1.29, 1.82) is 0 Å². The number of nitrogens with zero attached hydrogens (tertiary/aromatic N) is 4. The monoisotopic (exact) mass is 302 g/mol.